The molecule has 0 aliphatic heterocycles. The number of nitrogens with zero attached hydrogens (tertiary/aromatic N) is 5. The number of carbonyl (C=O) groups is 1. The van der Waals surface area contributed by atoms with Crippen LogP contribution in [0.2, 0.25) is 5.02 Å². The highest BCUT2D eigenvalue weighted by atomic mass is 35.5. The van der Waals surface area contributed by atoms with Gasteiger partial charge in [0.1, 0.15) is 22.3 Å². The third-order valence-corrected chi connectivity index (χ3v) is 9.26. The van der Waals surface area contributed by atoms with E-state index in [1.165, 1.54) is 35.9 Å². The van der Waals surface area contributed by atoms with E-state index in [0.717, 1.165) is 12.8 Å². The third-order valence-electron chi connectivity index (χ3n) is 7.11. The number of hydrogen-bond donors (Lipinski definition) is 0. The minimum Gasteiger partial charge on any atom is -0.336 e. The Morgan fingerprint density at radius 3 is 2.44 bits per heavy atom. The van der Waals surface area contributed by atoms with E-state index in [1.54, 1.807) is 30.2 Å². The van der Waals surface area contributed by atoms with Crippen LogP contribution >= 0.6 is 41.4 Å². The number of aromatic nitrogens is 3. The lowest BCUT2D eigenvalue weighted by atomic mass is 9.79. The quantitative estimate of drug-likeness (QED) is 0.243. The minimum atomic E-state index is -2.38. The van der Waals surface area contributed by atoms with Gasteiger partial charge in [0.2, 0.25) is 0 Å². The molecule has 2 heterocycles. The van der Waals surface area contributed by atoms with Crippen LogP contribution in [-0.4, -0.2) is 49.0 Å². The lowest BCUT2D eigenvalue weighted by molar-refractivity contribution is -0.0263. The van der Waals surface area contributed by atoms with Crippen LogP contribution in [0.1, 0.15) is 73.8 Å². The lowest BCUT2D eigenvalue weighted by Crippen LogP contribution is -2.51. The molecule has 0 radical (unpaired) electrons. The fourth-order valence-electron chi connectivity index (χ4n) is 5.03. The third kappa shape index (κ3) is 5.38. The van der Waals surface area contributed by atoms with Gasteiger partial charge in [-0.3, -0.25) is 4.79 Å². The van der Waals surface area contributed by atoms with Crippen molar-refractivity contribution in [3.8, 4) is 22.3 Å². The Morgan fingerprint density at radius 2 is 1.92 bits per heavy atom. The number of alkyl halides is 2. The molecule has 0 saturated heterocycles. The van der Waals surface area contributed by atoms with Gasteiger partial charge >= 0.3 is 0 Å². The zero-order valence-corrected chi connectivity index (χ0v) is 26.4. The summed E-state index contributed by atoms with van der Waals surface area (Å²) in [4.78, 5) is 14.7. The fraction of sp³-hybridized carbons (Fsp3) is 0.481. The summed E-state index contributed by atoms with van der Waals surface area (Å²) < 4.78 is 33.3. The molecule has 3 unspecified atom stereocenters. The second-order valence-corrected chi connectivity index (χ2v) is 15.1. The number of halogens is 3. The lowest BCUT2D eigenvalue weighted by Gasteiger charge is -2.44. The molecule has 3 atom stereocenters. The summed E-state index contributed by atoms with van der Waals surface area (Å²) in [6, 6.07) is 7.14. The molecule has 0 bridgehead atoms. The predicted molar refractivity (Wildman–Crippen MR) is 159 cm³/mol. The molecule has 1 aliphatic rings. The fourth-order valence-corrected chi connectivity index (χ4v) is 7.27. The zero-order valence-electron chi connectivity index (χ0n) is 22.6. The van der Waals surface area contributed by atoms with Crippen molar-refractivity contribution in [2.75, 3.05) is 6.54 Å². The van der Waals surface area contributed by atoms with E-state index in [2.05, 4.69) is 34.9 Å². The topological polar surface area (TPSA) is 74.8 Å². The average Bonchev–Trinajstić information content (AvgIpc) is 3.40. The number of rotatable bonds is 9. The Morgan fingerprint density at radius 1 is 1.26 bits per heavy atom. The van der Waals surface area contributed by atoms with Crippen molar-refractivity contribution >= 4 is 47.3 Å². The van der Waals surface area contributed by atoms with Gasteiger partial charge in [-0.05, 0) is 70.2 Å². The highest BCUT2D eigenvalue weighted by Gasteiger charge is 2.57. The van der Waals surface area contributed by atoms with E-state index in [-0.39, 0.29) is 22.5 Å². The summed E-state index contributed by atoms with van der Waals surface area (Å²) in [5.74, 6) is -0.154. The van der Waals surface area contributed by atoms with Crippen LogP contribution in [0.25, 0.3) is 16.3 Å². The van der Waals surface area contributed by atoms with Crippen molar-refractivity contribution in [3.63, 3.8) is 0 Å². The molecule has 39 heavy (non-hydrogen) atoms. The van der Waals surface area contributed by atoms with E-state index < -0.39 is 16.2 Å². The van der Waals surface area contributed by atoms with Gasteiger partial charge < -0.3 is 4.90 Å². The summed E-state index contributed by atoms with van der Waals surface area (Å²) in [6.07, 6.45) is 4.10. The summed E-state index contributed by atoms with van der Waals surface area (Å²) in [5, 5.41) is 18.4. The van der Waals surface area contributed by atoms with Gasteiger partial charge in [-0.2, -0.15) is 5.26 Å². The van der Waals surface area contributed by atoms with Gasteiger partial charge in [-0.1, -0.05) is 29.8 Å². The number of benzene rings is 1. The predicted octanol–water partition coefficient (Wildman–Crippen LogP) is 7.09. The molecule has 6 nitrogen and oxygen atoms in total. The first-order valence-corrected chi connectivity index (χ1v) is 15.1. The Bertz CT molecular complexity index is 1440. The molecule has 1 saturated carbocycles. The molecular formula is C27H32ClF2N5OP2S. The van der Waals surface area contributed by atoms with Gasteiger partial charge in [0.05, 0.1) is 27.3 Å². The summed E-state index contributed by atoms with van der Waals surface area (Å²) >= 11 is 7.89. The Labute approximate surface area is 241 Å². The zero-order chi connectivity index (χ0) is 28.9. The molecule has 1 amide bonds. The van der Waals surface area contributed by atoms with Crippen LogP contribution in [0.5, 0.6) is 0 Å². The van der Waals surface area contributed by atoms with Gasteiger partial charge in [-0.15, -0.1) is 34.9 Å². The molecule has 1 fully saturated rings. The van der Waals surface area contributed by atoms with Crippen molar-refractivity contribution in [2.24, 2.45) is 0 Å². The van der Waals surface area contributed by atoms with Gasteiger partial charge in [0.25, 0.3) is 5.91 Å². The molecule has 1 aromatic carbocycles. The largest absolute Gasteiger partial charge is 0.336 e. The minimum absolute atomic E-state index is 0.129. The monoisotopic (exact) mass is 609 g/mol. The first kappa shape index (κ1) is 30.0. The molecule has 0 spiro atoms. The molecular weight excluding hydrogens is 578 g/mol. The molecule has 3 aromatic rings. The number of carbonyl (C=O) groups excluding carboxylic acids is 1. The van der Waals surface area contributed by atoms with Crippen LogP contribution in [0, 0.1) is 11.3 Å². The van der Waals surface area contributed by atoms with E-state index in [1.807, 2.05) is 13.8 Å². The van der Waals surface area contributed by atoms with Crippen LogP contribution in [0.15, 0.2) is 24.4 Å². The Hall–Kier alpha value is -1.97. The van der Waals surface area contributed by atoms with Gasteiger partial charge in [0, 0.05) is 17.5 Å². The summed E-state index contributed by atoms with van der Waals surface area (Å²) in [5.41, 5.74) is -2.44. The van der Waals surface area contributed by atoms with Crippen LogP contribution in [0.4, 0.5) is 8.78 Å². The first-order chi connectivity index (χ1) is 18.2. The van der Waals surface area contributed by atoms with E-state index >= 15 is 8.78 Å². The van der Waals surface area contributed by atoms with Crippen LogP contribution < -0.4 is 0 Å². The molecule has 1 aliphatic carbocycles. The number of thiophene rings is 1. The normalized spacial score (nSPS) is 15.6. The number of hydrogen-bond acceptors (Lipinski definition) is 5. The average molecular weight is 610 g/mol. The van der Waals surface area contributed by atoms with Crippen molar-refractivity contribution in [3.05, 3.63) is 51.0 Å². The van der Waals surface area contributed by atoms with Crippen molar-refractivity contribution < 1.29 is 13.6 Å². The number of amides is 1. The smallest absolute Gasteiger partial charge is 0.256 e. The molecule has 208 valence electrons. The highest BCUT2D eigenvalue weighted by Crippen LogP contribution is 2.56. The SMILES string of the molecule is CCc1cc(C(F)(C(C)(C)F)C(C)(P)P)cc(Cl)c1-n1cc(-c2cc(C(=O)N(CC)C3CC3)c(C#N)s2)nn1. The molecule has 4 rings (SSSR count). The maximum Gasteiger partial charge on any atom is 0.256 e. The van der Waals surface area contributed by atoms with Crippen LogP contribution in [0.3, 0.4) is 0 Å². The maximum atomic E-state index is 16.5. The van der Waals surface area contributed by atoms with Gasteiger partial charge in [0.15, 0.2) is 5.67 Å². The Kier molecular flexibility index (Phi) is 8.30. The van der Waals surface area contributed by atoms with E-state index in [0.29, 0.717) is 45.2 Å². The Balaban J connectivity index is 1.75. The van der Waals surface area contributed by atoms with Gasteiger partial charge in [-0.25, -0.2) is 13.5 Å². The maximum absolute atomic E-state index is 16.5. The number of nitriles is 1. The molecule has 2 aromatic heterocycles. The van der Waals surface area contributed by atoms with E-state index in [9.17, 15) is 10.1 Å². The highest BCUT2D eigenvalue weighted by molar-refractivity contribution is 7.40. The van der Waals surface area contributed by atoms with Crippen molar-refractivity contribution in [1.82, 2.24) is 19.9 Å². The van der Waals surface area contributed by atoms with Crippen LogP contribution in [-0.2, 0) is 12.1 Å². The second kappa shape index (κ2) is 10.8. The number of aryl methyl sites for hydroxylation is 1. The first-order valence-electron chi connectivity index (χ1n) is 12.7. The van der Waals surface area contributed by atoms with Crippen molar-refractivity contribution in [1.29, 1.82) is 5.26 Å². The van der Waals surface area contributed by atoms with E-state index in [4.69, 9.17) is 11.6 Å². The summed E-state index contributed by atoms with van der Waals surface area (Å²) in [6.45, 7) is 8.44. The second-order valence-electron chi connectivity index (χ2n) is 10.6. The molecule has 12 heteroatoms. The standard InChI is InChI=1S/C27H32ClF2N5OP2S/c1-6-15-10-16(27(30,25(3,4)29)26(5,37)38)11-19(28)23(15)35-14-20(32-33-35)21-12-18(22(13-31)39-21)24(36)34(7-2)17-8-9-17/h10-12,14,17H,6-9,37-38H2,1-5H3. The molecule has 0 N–H and O–H groups in total. The summed E-state index contributed by atoms with van der Waals surface area (Å²) in [7, 11) is 4.76. The van der Waals surface area contributed by atoms with Crippen molar-refractivity contribution in [2.45, 2.75) is 76.2 Å².